The third kappa shape index (κ3) is 2.19. The molecule has 15 heavy (non-hydrogen) atoms. The molecular weight excluding hydrogens is 184 g/mol. The number of hydrogen-bond acceptors (Lipinski definition) is 2. The van der Waals surface area contributed by atoms with E-state index < -0.39 is 0 Å². The van der Waals surface area contributed by atoms with E-state index in [-0.39, 0.29) is 0 Å². The van der Waals surface area contributed by atoms with E-state index in [1.807, 2.05) is 24.3 Å². The van der Waals surface area contributed by atoms with Crippen molar-refractivity contribution >= 4 is 5.69 Å². The Morgan fingerprint density at radius 1 is 1.13 bits per heavy atom. The number of benzene rings is 1. The number of piperidine rings is 1. The quantitative estimate of drug-likeness (QED) is 0.649. The number of nitrogens with zero attached hydrogens (tertiary/aromatic N) is 2. The van der Waals surface area contributed by atoms with Crippen LogP contribution in [0, 0.1) is 11.3 Å². The van der Waals surface area contributed by atoms with Gasteiger partial charge < -0.3 is 4.90 Å². The van der Waals surface area contributed by atoms with E-state index in [4.69, 9.17) is 5.26 Å². The van der Waals surface area contributed by atoms with Crippen LogP contribution in [0.4, 0.5) is 5.69 Å². The lowest BCUT2D eigenvalue weighted by Gasteiger charge is -2.30. The summed E-state index contributed by atoms with van der Waals surface area (Å²) in [6.45, 7) is 6.09. The van der Waals surface area contributed by atoms with Crippen molar-refractivity contribution in [3.8, 4) is 6.07 Å². The molecule has 0 N–H and O–H groups in total. The first-order chi connectivity index (χ1) is 7.29. The Morgan fingerprint density at radius 3 is 2.27 bits per heavy atom. The van der Waals surface area contributed by atoms with Crippen LogP contribution in [0.15, 0.2) is 36.4 Å². The molecule has 0 atom stereocenters. The molecule has 1 saturated heterocycles. The predicted octanol–water partition coefficient (Wildman–Crippen LogP) is 2.71. The van der Waals surface area contributed by atoms with E-state index in [2.05, 4.69) is 17.5 Å². The molecule has 0 saturated carbocycles. The van der Waals surface area contributed by atoms with Crippen LogP contribution in [0.5, 0.6) is 0 Å². The normalized spacial score (nSPS) is 16.2. The molecule has 0 unspecified atom stereocenters. The minimum atomic E-state index is 0.722. The summed E-state index contributed by atoms with van der Waals surface area (Å²) in [7, 11) is 0. The van der Waals surface area contributed by atoms with Gasteiger partial charge in [-0.15, -0.1) is 0 Å². The molecule has 1 fully saturated rings. The fourth-order valence-corrected chi connectivity index (χ4v) is 1.83. The molecule has 0 spiro atoms. The van der Waals surface area contributed by atoms with E-state index in [9.17, 15) is 0 Å². The van der Waals surface area contributed by atoms with Gasteiger partial charge in [0.25, 0.3) is 0 Å². The molecule has 0 radical (unpaired) electrons. The Bertz CT molecular complexity index is 388. The number of hydrogen-bond donors (Lipinski definition) is 0. The molecule has 1 aliphatic heterocycles. The summed E-state index contributed by atoms with van der Waals surface area (Å²) in [6.07, 6.45) is 2.17. The molecule has 0 amide bonds. The molecule has 76 valence electrons. The van der Waals surface area contributed by atoms with Gasteiger partial charge in [0, 0.05) is 18.8 Å². The van der Waals surface area contributed by atoms with Crippen molar-refractivity contribution in [2.45, 2.75) is 12.8 Å². The standard InChI is InChI=1S/C13H14N2/c1-11-6-8-15(9-7-11)13-4-2-12(10-14)3-5-13/h2-5H,1,6-9H2. The summed E-state index contributed by atoms with van der Waals surface area (Å²) in [5.41, 5.74) is 3.28. The first kappa shape index (κ1) is 9.79. The number of rotatable bonds is 1. The molecule has 2 nitrogen and oxygen atoms in total. The Kier molecular flexibility index (Phi) is 2.73. The first-order valence-electron chi connectivity index (χ1n) is 5.21. The lowest BCUT2D eigenvalue weighted by molar-refractivity contribution is 0.687. The molecular formula is C13H14N2. The first-order valence-corrected chi connectivity index (χ1v) is 5.21. The van der Waals surface area contributed by atoms with Gasteiger partial charge in [-0.1, -0.05) is 12.2 Å². The monoisotopic (exact) mass is 198 g/mol. The molecule has 1 heterocycles. The zero-order valence-electron chi connectivity index (χ0n) is 8.74. The van der Waals surface area contributed by atoms with Crippen LogP contribution in [0.2, 0.25) is 0 Å². The van der Waals surface area contributed by atoms with E-state index in [1.165, 1.54) is 11.3 Å². The largest absolute Gasteiger partial charge is 0.371 e. The van der Waals surface area contributed by atoms with Crippen LogP contribution in [-0.2, 0) is 0 Å². The van der Waals surface area contributed by atoms with Gasteiger partial charge in [0.1, 0.15) is 0 Å². The molecule has 0 aromatic heterocycles. The third-order valence-corrected chi connectivity index (χ3v) is 2.83. The summed E-state index contributed by atoms with van der Waals surface area (Å²) in [5.74, 6) is 0. The second-order valence-corrected chi connectivity index (χ2v) is 3.90. The van der Waals surface area contributed by atoms with Crippen molar-refractivity contribution in [2.75, 3.05) is 18.0 Å². The maximum Gasteiger partial charge on any atom is 0.0991 e. The fraction of sp³-hybridized carbons (Fsp3) is 0.308. The van der Waals surface area contributed by atoms with Crippen molar-refractivity contribution in [3.63, 3.8) is 0 Å². The van der Waals surface area contributed by atoms with Gasteiger partial charge in [-0.25, -0.2) is 0 Å². The van der Waals surface area contributed by atoms with Crippen LogP contribution >= 0.6 is 0 Å². The molecule has 2 heteroatoms. The molecule has 0 aliphatic carbocycles. The minimum Gasteiger partial charge on any atom is -0.371 e. The zero-order valence-corrected chi connectivity index (χ0v) is 8.74. The van der Waals surface area contributed by atoms with Gasteiger partial charge in [0.2, 0.25) is 0 Å². The highest BCUT2D eigenvalue weighted by Gasteiger charge is 2.12. The summed E-state index contributed by atoms with van der Waals surface area (Å²) < 4.78 is 0. The van der Waals surface area contributed by atoms with Crippen LogP contribution in [0.25, 0.3) is 0 Å². The predicted molar refractivity (Wildman–Crippen MR) is 61.7 cm³/mol. The summed E-state index contributed by atoms with van der Waals surface area (Å²) in [6, 6.07) is 9.92. The smallest absolute Gasteiger partial charge is 0.0991 e. The van der Waals surface area contributed by atoms with E-state index in [0.29, 0.717) is 0 Å². The minimum absolute atomic E-state index is 0.722. The summed E-state index contributed by atoms with van der Waals surface area (Å²) in [4.78, 5) is 2.34. The Labute approximate surface area is 90.4 Å². The van der Waals surface area contributed by atoms with Gasteiger partial charge in [-0.3, -0.25) is 0 Å². The fourth-order valence-electron chi connectivity index (χ4n) is 1.83. The second-order valence-electron chi connectivity index (χ2n) is 3.90. The van der Waals surface area contributed by atoms with Crippen molar-refractivity contribution in [1.82, 2.24) is 0 Å². The molecule has 1 aromatic rings. The average Bonchev–Trinajstić information content (AvgIpc) is 2.30. The zero-order chi connectivity index (χ0) is 10.7. The van der Waals surface area contributed by atoms with Crippen molar-refractivity contribution in [1.29, 1.82) is 5.26 Å². The SMILES string of the molecule is C=C1CCN(c2ccc(C#N)cc2)CC1. The van der Waals surface area contributed by atoms with E-state index in [0.717, 1.165) is 31.5 Å². The lowest BCUT2D eigenvalue weighted by Crippen LogP contribution is -2.30. The van der Waals surface area contributed by atoms with Crippen molar-refractivity contribution < 1.29 is 0 Å². The highest BCUT2D eigenvalue weighted by Crippen LogP contribution is 2.21. The van der Waals surface area contributed by atoms with Crippen molar-refractivity contribution in [3.05, 3.63) is 42.0 Å². The van der Waals surface area contributed by atoms with Gasteiger partial charge in [0.05, 0.1) is 11.6 Å². The highest BCUT2D eigenvalue weighted by atomic mass is 15.1. The van der Waals surface area contributed by atoms with Gasteiger partial charge in [0.15, 0.2) is 0 Å². The lowest BCUT2D eigenvalue weighted by atomic mass is 10.1. The van der Waals surface area contributed by atoms with Crippen LogP contribution < -0.4 is 4.90 Å². The number of nitriles is 1. The van der Waals surface area contributed by atoms with Crippen molar-refractivity contribution in [2.24, 2.45) is 0 Å². The maximum atomic E-state index is 8.70. The second kappa shape index (κ2) is 4.18. The third-order valence-electron chi connectivity index (χ3n) is 2.83. The number of anilines is 1. The Balaban J connectivity index is 2.10. The highest BCUT2D eigenvalue weighted by molar-refractivity contribution is 5.50. The van der Waals surface area contributed by atoms with Gasteiger partial charge in [-0.2, -0.15) is 5.26 Å². The summed E-state index contributed by atoms with van der Waals surface area (Å²) in [5, 5.41) is 8.70. The molecule has 2 rings (SSSR count). The van der Waals surface area contributed by atoms with Gasteiger partial charge >= 0.3 is 0 Å². The van der Waals surface area contributed by atoms with Gasteiger partial charge in [-0.05, 0) is 37.1 Å². The van der Waals surface area contributed by atoms with E-state index in [1.54, 1.807) is 0 Å². The topological polar surface area (TPSA) is 27.0 Å². The molecule has 0 bridgehead atoms. The Hall–Kier alpha value is -1.75. The van der Waals surface area contributed by atoms with E-state index >= 15 is 0 Å². The molecule has 1 aliphatic rings. The van der Waals surface area contributed by atoms with Crippen LogP contribution in [0.1, 0.15) is 18.4 Å². The molecule has 1 aromatic carbocycles. The van der Waals surface area contributed by atoms with Crippen LogP contribution in [-0.4, -0.2) is 13.1 Å². The average molecular weight is 198 g/mol. The summed E-state index contributed by atoms with van der Waals surface area (Å²) >= 11 is 0. The Morgan fingerprint density at radius 2 is 1.73 bits per heavy atom. The maximum absolute atomic E-state index is 8.70. The van der Waals surface area contributed by atoms with Crippen LogP contribution in [0.3, 0.4) is 0 Å².